The minimum absolute atomic E-state index is 0.620. The average molecular weight is 305 g/mol. The van der Waals surface area contributed by atoms with Crippen molar-refractivity contribution in [3.63, 3.8) is 0 Å². The second-order valence-corrected chi connectivity index (χ2v) is 5.73. The van der Waals surface area contributed by atoms with Crippen molar-refractivity contribution in [3.8, 4) is 17.3 Å². The maximum Gasteiger partial charge on any atom is 0.216 e. The van der Waals surface area contributed by atoms with Gasteiger partial charge in [0.15, 0.2) is 0 Å². The van der Waals surface area contributed by atoms with E-state index in [1.54, 1.807) is 0 Å². The molecule has 1 aromatic heterocycles. The summed E-state index contributed by atoms with van der Waals surface area (Å²) in [5.41, 5.74) is 5.73. The summed E-state index contributed by atoms with van der Waals surface area (Å²) in [6, 6.07) is 20.2. The molecule has 0 aliphatic rings. The van der Waals surface area contributed by atoms with Gasteiger partial charge >= 0.3 is 0 Å². The maximum atomic E-state index is 9.37. The lowest BCUT2D eigenvalue weighted by Gasteiger charge is -2.03. The van der Waals surface area contributed by atoms with Gasteiger partial charge in [-0.05, 0) is 35.8 Å². The van der Waals surface area contributed by atoms with Gasteiger partial charge in [0, 0.05) is 10.7 Å². The van der Waals surface area contributed by atoms with Gasteiger partial charge in [-0.2, -0.15) is 5.26 Å². The van der Waals surface area contributed by atoms with E-state index >= 15 is 0 Å². The van der Waals surface area contributed by atoms with Crippen molar-refractivity contribution >= 4 is 29.9 Å². The first-order valence-electron chi connectivity index (χ1n) is 7.10. The number of nitrogens with zero attached hydrogens (tertiary/aromatic N) is 1. The van der Waals surface area contributed by atoms with Gasteiger partial charge < -0.3 is 4.98 Å². The van der Waals surface area contributed by atoms with Crippen LogP contribution in [-0.2, 0) is 0 Å². The number of rotatable bonds is 3. The molecular formula is C18H14BClN2. The number of aromatic nitrogens is 1. The number of aromatic amines is 1. The van der Waals surface area contributed by atoms with Crippen LogP contribution < -0.4 is 11.1 Å². The molecule has 0 aliphatic heterocycles. The highest BCUT2D eigenvalue weighted by molar-refractivity contribution is 6.70. The Morgan fingerprint density at radius 1 is 1.09 bits per heavy atom. The molecule has 2 nitrogen and oxygen atoms in total. The van der Waals surface area contributed by atoms with Crippen LogP contribution in [0.2, 0.25) is 5.02 Å². The molecule has 1 N–H and O–H groups in total. The predicted octanol–water partition coefficient (Wildman–Crippen LogP) is 2.90. The summed E-state index contributed by atoms with van der Waals surface area (Å²) in [7, 11) is 0.620. The number of hydrogen-bond donors (Lipinski definition) is 1. The lowest BCUT2D eigenvalue weighted by atomic mass is 9.66. The molecule has 0 amide bonds. The average Bonchev–Trinajstić information content (AvgIpc) is 2.94. The molecule has 0 aliphatic carbocycles. The van der Waals surface area contributed by atoms with Crippen molar-refractivity contribution in [2.24, 2.45) is 0 Å². The lowest BCUT2D eigenvalue weighted by Crippen LogP contribution is -2.30. The van der Waals surface area contributed by atoms with Crippen LogP contribution in [0.3, 0.4) is 0 Å². The second kappa shape index (κ2) is 6.13. The van der Waals surface area contributed by atoms with Crippen LogP contribution in [0.15, 0.2) is 54.6 Å². The number of H-pyrrole nitrogens is 1. The Morgan fingerprint density at radius 3 is 2.55 bits per heavy atom. The molecule has 106 valence electrons. The summed E-state index contributed by atoms with van der Waals surface area (Å²) in [6.07, 6.45) is 0. The van der Waals surface area contributed by atoms with Crippen molar-refractivity contribution in [2.45, 2.75) is 6.92 Å². The van der Waals surface area contributed by atoms with Crippen LogP contribution in [-0.4, -0.2) is 12.3 Å². The number of benzene rings is 2. The molecule has 0 atom stereocenters. The largest absolute Gasteiger partial charge is 0.365 e. The number of halogens is 1. The first kappa shape index (κ1) is 14.5. The molecule has 22 heavy (non-hydrogen) atoms. The van der Waals surface area contributed by atoms with Crippen LogP contribution in [0.5, 0.6) is 0 Å². The van der Waals surface area contributed by atoms with Crippen molar-refractivity contribution < 1.29 is 0 Å². The van der Waals surface area contributed by atoms with Crippen LogP contribution >= 0.6 is 11.6 Å². The monoisotopic (exact) mass is 304 g/mol. The van der Waals surface area contributed by atoms with Crippen LogP contribution in [0.25, 0.3) is 11.3 Å². The van der Waals surface area contributed by atoms with Crippen LogP contribution in [0, 0.1) is 18.3 Å². The Labute approximate surface area is 135 Å². The summed E-state index contributed by atoms with van der Waals surface area (Å²) in [6.45, 7) is 2.01. The zero-order valence-electron chi connectivity index (χ0n) is 12.2. The fourth-order valence-electron chi connectivity index (χ4n) is 2.50. The number of nitrogens with one attached hydrogen (secondary N) is 1. The van der Waals surface area contributed by atoms with Gasteiger partial charge in [-0.3, -0.25) is 0 Å². The molecule has 3 rings (SSSR count). The first-order chi connectivity index (χ1) is 10.7. The van der Waals surface area contributed by atoms with Crippen LogP contribution in [0.1, 0.15) is 11.1 Å². The summed E-state index contributed by atoms with van der Waals surface area (Å²) in [5.74, 6) is 0. The summed E-state index contributed by atoms with van der Waals surface area (Å²) in [5, 5.41) is 10.1. The molecule has 0 bridgehead atoms. The highest BCUT2D eigenvalue weighted by Gasteiger charge is 2.13. The van der Waals surface area contributed by atoms with Gasteiger partial charge in [0.1, 0.15) is 6.07 Å². The predicted molar refractivity (Wildman–Crippen MR) is 93.5 cm³/mol. The lowest BCUT2D eigenvalue weighted by molar-refractivity contribution is 1.44. The Hall–Kier alpha value is -2.44. The molecule has 1 heterocycles. The first-order valence-corrected chi connectivity index (χ1v) is 7.47. The zero-order valence-corrected chi connectivity index (χ0v) is 13.0. The third-order valence-electron chi connectivity index (χ3n) is 3.68. The van der Waals surface area contributed by atoms with Gasteiger partial charge in [-0.25, -0.2) is 0 Å². The third kappa shape index (κ3) is 2.93. The van der Waals surface area contributed by atoms with E-state index in [-0.39, 0.29) is 0 Å². The molecule has 4 heteroatoms. The van der Waals surface area contributed by atoms with E-state index < -0.39 is 0 Å². The Morgan fingerprint density at radius 2 is 1.86 bits per heavy atom. The van der Waals surface area contributed by atoms with E-state index in [0.717, 1.165) is 32.9 Å². The number of hydrogen-bond acceptors (Lipinski definition) is 1. The van der Waals surface area contributed by atoms with E-state index in [9.17, 15) is 5.26 Å². The van der Waals surface area contributed by atoms with Crippen molar-refractivity contribution in [1.82, 2.24) is 4.98 Å². The van der Waals surface area contributed by atoms with E-state index in [2.05, 4.69) is 11.1 Å². The molecule has 0 saturated heterocycles. The van der Waals surface area contributed by atoms with Crippen molar-refractivity contribution in [2.75, 3.05) is 0 Å². The SMILES string of the molecule is Cc1ccc(Bc2[nH]c(-c3ccccc3)cc2C#N)c(Cl)c1. The Kier molecular flexibility index (Phi) is 4.04. The van der Waals surface area contributed by atoms with Gasteiger partial charge in [0.05, 0.1) is 5.56 Å². The minimum atomic E-state index is 0.620. The van der Waals surface area contributed by atoms with Crippen molar-refractivity contribution in [3.05, 3.63) is 70.7 Å². The number of aryl methyl sites for hydroxylation is 1. The second-order valence-electron chi connectivity index (χ2n) is 5.32. The third-order valence-corrected chi connectivity index (χ3v) is 4.03. The smallest absolute Gasteiger partial charge is 0.216 e. The van der Waals surface area contributed by atoms with E-state index in [4.69, 9.17) is 11.6 Å². The van der Waals surface area contributed by atoms with Gasteiger partial charge in [-0.15, -0.1) is 0 Å². The zero-order chi connectivity index (χ0) is 15.5. The minimum Gasteiger partial charge on any atom is -0.365 e. The topological polar surface area (TPSA) is 39.6 Å². The Balaban J connectivity index is 1.97. The van der Waals surface area contributed by atoms with Crippen LogP contribution in [0.4, 0.5) is 0 Å². The molecule has 0 unspecified atom stereocenters. The fourth-order valence-corrected chi connectivity index (χ4v) is 2.80. The molecular weight excluding hydrogens is 290 g/mol. The quantitative estimate of drug-likeness (QED) is 0.743. The molecule has 0 fully saturated rings. The standard InChI is InChI=1S/C18H14BClN2/c1-12-7-8-15(16(20)9-12)19-18-14(11-21)10-17(22-18)13-5-3-2-4-6-13/h2-10,19,22H,1H3. The maximum absolute atomic E-state index is 9.37. The van der Waals surface area contributed by atoms with Gasteiger partial charge in [-0.1, -0.05) is 59.5 Å². The molecule has 3 aromatic rings. The van der Waals surface area contributed by atoms with Crippen molar-refractivity contribution in [1.29, 1.82) is 5.26 Å². The van der Waals surface area contributed by atoms with E-state index in [1.807, 2.05) is 61.5 Å². The highest BCUT2D eigenvalue weighted by Crippen LogP contribution is 2.17. The normalized spacial score (nSPS) is 10.2. The molecule has 0 saturated carbocycles. The molecule has 0 spiro atoms. The van der Waals surface area contributed by atoms with Gasteiger partial charge in [0.2, 0.25) is 7.28 Å². The summed E-state index contributed by atoms with van der Waals surface area (Å²) < 4.78 is 0. The molecule has 0 radical (unpaired) electrons. The van der Waals surface area contributed by atoms with E-state index in [0.29, 0.717) is 12.8 Å². The van der Waals surface area contributed by atoms with E-state index in [1.165, 1.54) is 0 Å². The Bertz CT molecular complexity index is 847. The molecule has 2 aromatic carbocycles. The van der Waals surface area contributed by atoms with Gasteiger partial charge in [0.25, 0.3) is 0 Å². The summed E-state index contributed by atoms with van der Waals surface area (Å²) in [4.78, 5) is 3.36. The summed E-state index contributed by atoms with van der Waals surface area (Å²) >= 11 is 6.30. The fraction of sp³-hybridized carbons (Fsp3) is 0.0556. The highest BCUT2D eigenvalue weighted by atomic mass is 35.5. The number of nitriles is 1.